The normalized spacial score (nSPS) is 11.5. The third-order valence-electron chi connectivity index (χ3n) is 7.29. The number of aliphatic hydroxyl groups excluding tert-OH is 1. The maximum atomic E-state index is 12.1. The monoisotopic (exact) mass is 511 g/mol. The molecule has 0 rings (SSSR count). The first-order valence-corrected chi connectivity index (χ1v) is 15.6. The van der Waals surface area contributed by atoms with Crippen molar-refractivity contribution in [3.8, 4) is 0 Å². The van der Waals surface area contributed by atoms with Crippen molar-refractivity contribution in [2.45, 2.75) is 149 Å². The van der Waals surface area contributed by atoms with E-state index in [2.05, 4.69) is 18.7 Å². The second-order valence-electron chi connectivity index (χ2n) is 10.7. The highest BCUT2D eigenvalue weighted by Crippen LogP contribution is 2.21. The highest BCUT2D eigenvalue weighted by atomic mass is 16.5. The fraction of sp³-hybridized carbons (Fsp3) is 0.935. The number of rotatable bonds is 29. The van der Waals surface area contributed by atoms with Crippen LogP contribution in [0, 0.1) is 5.92 Å². The predicted octanol–water partition coefficient (Wildman–Crippen LogP) is 7.87. The predicted molar refractivity (Wildman–Crippen MR) is 152 cm³/mol. The van der Waals surface area contributed by atoms with Crippen LogP contribution in [0.4, 0.5) is 0 Å². The smallest absolute Gasteiger partial charge is 0.305 e. The van der Waals surface area contributed by atoms with Gasteiger partial charge in [0.2, 0.25) is 0 Å². The molecule has 0 saturated carbocycles. The van der Waals surface area contributed by atoms with E-state index < -0.39 is 0 Å². The van der Waals surface area contributed by atoms with Crippen LogP contribution in [0.3, 0.4) is 0 Å². The summed E-state index contributed by atoms with van der Waals surface area (Å²) in [5.74, 6) is 0.700. The van der Waals surface area contributed by atoms with Crippen molar-refractivity contribution in [3.05, 3.63) is 0 Å². The number of hydrogen-bond acceptors (Lipinski definition) is 5. The van der Waals surface area contributed by atoms with Crippen LogP contribution >= 0.6 is 0 Å². The van der Waals surface area contributed by atoms with Crippen LogP contribution in [-0.2, 0) is 14.3 Å². The molecule has 0 aromatic heterocycles. The van der Waals surface area contributed by atoms with E-state index in [1.54, 1.807) is 0 Å². The van der Waals surface area contributed by atoms with Crippen LogP contribution in [0.15, 0.2) is 0 Å². The Bertz CT molecular complexity index is 461. The van der Waals surface area contributed by atoms with Gasteiger partial charge in [0.15, 0.2) is 0 Å². The summed E-state index contributed by atoms with van der Waals surface area (Å²) in [5, 5.41) is 9.33. The standard InChI is InChI=1S/C31H61NO4/c1-3-5-14-20-30(21-15-6-4-2)23-29-36-31(35)22-16-10-9-12-18-25-32(26-28-34)24-17-11-7-8-13-19-27-33/h27,30,34H,3-26,28-29H2,1-2H3. The summed E-state index contributed by atoms with van der Waals surface area (Å²) < 4.78 is 5.56. The molecule has 0 aromatic carbocycles. The molecule has 214 valence electrons. The topological polar surface area (TPSA) is 66.8 Å². The number of carbonyl (C=O) groups is 2. The maximum Gasteiger partial charge on any atom is 0.305 e. The Hall–Kier alpha value is -0.940. The summed E-state index contributed by atoms with van der Waals surface area (Å²) in [6, 6.07) is 0. The van der Waals surface area contributed by atoms with Gasteiger partial charge < -0.3 is 19.5 Å². The van der Waals surface area contributed by atoms with Gasteiger partial charge >= 0.3 is 5.97 Å². The summed E-state index contributed by atoms with van der Waals surface area (Å²) >= 11 is 0. The number of esters is 1. The molecule has 36 heavy (non-hydrogen) atoms. The number of aldehydes is 1. The second-order valence-corrected chi connectivity index (χ2v) is 10.7. The minimum atomic E-state index is -0.0175. The third kappa shape index (κ3) is 24.7. The highest BCUT2D eigenvalue weighted by molar-refractivity contribution is 5.69. The van der Waals surface area contributed by atoms with Gasteiger partial charge in [0.05, 0.1) is 13.2 Å². The van der Waals surface area contributed by atoms with E-state index in [9.17, 15) is 14.7 Å². The lowest BCUT2D eigenvalue weighted by Gasteiger charge is -2.21. The SMILES string of the molecule is CCCCCC(CCCCC)CCOC(=O)CCCCCCCN(CCO)CCCCCCCC=O. The quantitative estimate of drug-likeness (QED) is 0.0628. The Balaban J connectivity index is 3.77. The first-order valence-electron chi connectivity index (χ1n) is 15.6. The van der Waals surface area contributed by atoms with Gasteiger partial charge in [0.1, 0.15) is 6.29 Å². The Morgan fingerprint density at radius 3 is 1.83 bits per heavy atom. The minimum absolute atomic E-state index is 0.0175. The van der Waals surface area contributed by atoms with Gasteiger partial charge in [-0.15, -0.1) is 0 Å². The van der Waals surface area contributed by atoms with Crippen molar-refractivity contribution < 1.29 is 19.4 Å². The molecule has 0 fully saturated rings. The van der Waals surface area contributed by atoms with Crippen molar-refractivity contribution in [2.24, 2.45) is 5.92 Å². The molecule has 0 heterocycles. The molecule has 1 N–H and O–H groups in total. The largest absolute Gasteiger partial charge is 0.466 e. The average molecular weight is 512 g/mol. The number of unbranched alkanes of at least 4 members (excludes halogenated alkanes) is 13. The lowest BCUT2D eigenvalue weighted by atomic mass is 9.92. The first-order chi connectivity index (χ1) is 17.7. The zero-order valence-corrected chi connectivity index (χ0v) is 24.2. The molecule has 0 unspecified atom stereocenters. The molecule has 0 spiro atoms. The summed E-state index contributed by atoms with van der Waals surface area (Å²) in [5.41, 5.74) is 0. The van der Waals surface area contributed by atoms with Crippen molar-refractivity contribution >= 4 is 12.3 Å². The van der Waals surface area contributed by atoms with Crippen LogP contribution in [0.1, 0.15) is 149 Å². The molecule has 5 nitrogen and oxygen atoms in total. The number of ether oxygens (including phenoxy) is 1. The average Bonchev–Trinajstić information content (AvgIpc) is 2.87. The van der Waals surface area contributed by atoms with E-state index in [0.29, 0.717) is 19.4 Å². The number of aliphatic hydroxyl groups is 1. The van der Waals surface area contributed by atoms with Gasteiger partial charge in [-0.1, -0.05) is 104 Å². The van der Waals surface area contributed by atoms with Gasteiger partial charge in [-0.3, -0.25) is 4.79 Å². The van der Waals surface area contributed by atoms with E-state index in [0.717, 1.165) is 76.8 Å². The van der Waals surface area contributed by atoms with Crippen LogP contribution in [-0.4, -0.2) is 55.1 Å². The minimum Gasteiger partial charge on any atom is -0.466 e. The third-order valence-corrected chi connectivity index (χ3v) is 7.29. The molecule has 0 aliphatic rings. The van der Waals surface area contributed by atoms with Crippen molar-refractivity contribution in [2.75, 3.05) is 32.8 Å². The van der Waals surface area contributed by atoms with Gasteiger partial charge in [-0.05, 0) is 51.1 Å². The lowest BCUT2D eigenvalue weighted by Crippen LogP contribution is -2.29. The molecule has 0 saturated heterocycles. The molecule has 0 bridgehead atoms. The van der Waals surface area contributed by atoms with Gasteiger partial charge in [0, 0.05) is 19.4 Å². The number of hydrogen-bond donors (Lipinski definition) is 1. The fourth-order valence-corrected chi connectivity index (χ4v) is 4.92. The molecule has 0 radical (unpaired) electrons. The molecule has 5 heteroatoms. The van der Waals surface area contributed by atoms with Crippen molar-refractivity contribution in [3.63, 3.8) is 0 Å². The summed E-state index contributed by atoms with van der Waals surface area (Å²) in [7, 11) is 0. The zero-order chi connectivity index (χ0) is 26.5. The lowest BCUT2D eigenvalue weighted by molar-refractivity contribution is -0.144. The van der Waals surface area contributed by atoms with Crippen LogP contribution in [0.5, 0.6) is 0 Å². The molecular formula is C31H61NO4. The fourth-order valence-electron chi connectivity index (χ4n) is 4.92. The Morgan fingerprint density at radius 1 is 0.722 bits per heavy atom. The Morgan fingerprint density at radius 2 is 1.28 bits per heavy atom. The number of carbonyl (C=O) groups excluding carboxylic acids is 2. The second kappa shape index (κ2) is 28.6. The van der Waals surface area contributed by atoms with Crippen molar-refractivity contribution in [1.82, 2.24) is 4.90 Å². The van der Waals surface area contributed by atoms with Crippen LogP contribution < -0.4 is 0 Å². The summed E-state index contributed by atoms with van der Waals surface area (Å²) in [6.45, 7) is 8.19. The van der Waals surface area contributed by atoms with Crippen molar-refractivity contribution in [1.29, 1.82) is 0 Å². The Kier molecular flexibility index (Phi) is 27.9. The molecular weight excluding hydrogens is 450 g/mol. The Labute approximate surface area is 224 Å². The van der Waals surface area contributed by atoms with Crippen LogP contribution in [0.2, 0.25) is 0 Å². The maximum absolute atomic E-state index is 12.1. The molecule has 0 atom stereocenters. The molecule has 0 aliphatic carbocycles. The van der Waals surface area contributed by atoms with Crippen LogP contribution in [0.25, 0.3) is 0 Å². The highest BCUT2D eigenvalue weighted by Gasteiger charge is 2.11. The van der Waals surface area contributed by atoms with E-state index in [-0.39, 0.29) is 12.6 Å². The van der Waals surface area contributed by atoms with E-state index in [1.165, 1.54) is 77.0 Å². The summed E-state index contributed by atoms with van der Waals surface area (Å²) in [6.07, 6.45) is 24.9. The molecule has 0 aliphatic heterocycles. The first kappa shape index (κ1) is 35.1. The van der Waals surface area contributed by atoms with Gasteiger partial charge in [0.25, 0.3) is 0 Å². The van der Waals surface area contributed by atoms with E-state index in [4.69, 9.17) is 4.74 Å². The van der Waals surface area contributed by atoms with Gasteiger partial charge in [-0.2, -0.15) is 0 Å². The summed E-state index contributed by atoms with van der Waals surface area (Å²) in [4.78, 5) is 24.8. The van der Waals surface area contributed by atoms with Gasteiger partial charge in [-0.25, -0.2) is 0 Å². The molecule has 0 aromatic rings. The van der Waals surface area contributed by atoms with E-state index in [1.807, 2.05) is 0 Å². The van der Waals surface area contributed by atoms with E-state index >= 15 is 0 Å². The molecule has 0 amide bonds. The zero-order valence-electron chi connectivity index (χ0n) is 24.2. The number of nitrogens with zero attached hydrogens (tertiary/aromatic N) is 1.